The molecule has 0 heterocycles. The number of benzene rings is 2. The number of hydrogen-bond acceptors (Lipinski definition) is 2. The molecule has 102 valence electrons. The minimum atomic E-state index is 0.126. The Morgan fingerprint density at radius 2 is 2.05 bits per heavy atom. The van der Waals surface area contributed by atoms with Crippen LogP contribution in [-0.4, -0.2) is 6.29 Å². The van der Waals surface area contributed by atoms with Gasteiger partial charge in [0.1, 0.15) is 18.1 Å². The molecule has 0 fully saturated rings. The molecule has 0 bridgehead atoms. The summed E-state index contributed by atoms with van der Waals surface area (Å²) in [6, 6.07) is 14.1. The number of fused-ring (bicyclic) bond motifs is 1. The van der Waals surface area contributed by atoms with E-state index in [1.165, 1.54) is 11.1 Å². The Morgan fingerprint density at radius 1 is 1.20 bits per heavy atom. The first-order chi connectivity index (χ1) is 9.78. The molecular weight excluding hydrogens is 248 g/mol. The van der Waals surface area contributed by atoms with E-state index in [4.69, 9.17) is 4.74 Å². The lowest BCUT2D eigenvalue weighted by Gasteiger charge is -2.27. The van der Waals surface area contributed by atoms with Crippen LogP contribution >= 0.6 is 0 Å². The van der Waals surface area contributed by atoms with Crippen LogP contribution in [0.4, 0.5) is 0 Å². The molecule has 3 rings (SSSR count). The fraction of sp³-hybridized carbons (Fsp3) is 0.278. The molecule has 2 heteroatoms. The third kappa shape index (κ3) is 2.46. The van der Waals surface area contributed by atoms with Crippen molar-refractivity contribution in [2.45, 2.75) is 32.3 Å². The highest BCUT2D eigenvalue weighted by atomic mass is 16.5. The van der Waals surface area contributed by atoms with Gasteiger partial charge >= 0.3 is 0 Å². The van der Waals surface area contributed by atoms with Crippen LogP contribution in [0.25, 0.3) is 0 Å². The number of aldehydes is 1. The summed E-state index contributed by atoms with van der Waals surface area (Å²) >= 11 is 0. The standard InChI is InChI=1S/C18H18O2/c1-13-11-14(12-19)9-10-17(13)20-18-8-4-6-15-5-2-3-7-16(15)18/h2-3,5,7,9-12,18H,4,6,8H2,1H3. The van der Waals surface area contributed by atoms with Gasteiger partial charge in [-0.25, -0.2) is 0 Å². The molecule has 1 aliphatic rings. The maximum absolute atomic E-state index is 10.8. The molecule has 2 aromatic rings. The lowest BCUT2D eigenvalue weighted by molar-refractivity contribution is 0.112. The van der Waals surface area contributed by atoms with E-state index in [2.05, 4.69) is 24.3 Å². The first-order valence-electron chi connectivity index (χ1n) is 7.08. The molecule has 0 saturated carbocycles. The van der Waals surface area contributed by atoms with E-state index in [0.717, 1.165) is 36.9 Å². The Balaban J connectivity index is 1.87. The first kappa shape index (κ1) is 12.9. The zero-order chi connectivity index (χ0) is 13.9. The topological polar surface area (TPSA) is 26.3 Å². The molecule has 1 aliphatic carbocycles. The average molecular weight is 266 g/mol. The fourth-order valence-corrected chi connectivity index (χ4v) is 2.86. The van der Waals surface area contributed by atoms with E-state index in [1.807, 2.05) is 25.1 Å². The second-order valence-corrected chi connectivity index (χ2v) is 5.34. The Kier molecular flexibility index (Phi) is 3.55. The van der Waals surface area contributed by atoms with Gasteiger partial charge in [0.05, 0.1) is 0 Å². The van der Waals surface area contributed by atoms with Crippen LogP contribution in [0.2, 0.25) is 0 Å². The molecule has 0 saturated heterocycles. The van der Waals surface area contributed by atoms with E-state index >= 15 is 0 Å². The molecule has 20 heavy (non-hydrogen) atoms. The summed E-state index contributed by atoms with van der Waals surface area (Å²) in [7, 11) is 0. The van der Waals surface area contributed by atoms with Gasteiger partial charge in [0, 0.05) is 5.56 Å². The zero-order valence-corrected chi connectivity index (χ0v) is 11.6. The second-order valence-electron chi connectivity index (χ2n) is 5.34. The third-order valence-corrected chi connectivity index (χ3v) is 3.92. The van der Waals surface area contributed by atoms with E-state index < -0.39 is 0 Å². The highest BCUT2D eigenvalue weighted by Crippen LogP contribution is 2.34. The Bertz CT molecular complexity index is 631. The van der Waals surface area contributed by atoms with Gasteiger partial charge in [-0.05, 0) is 61.1 Å². The van der Waals surface area contributed by atoms with Crippen molar-refractivity contribution in [1.29, 1.82) is 0 Å². The van der Waals surface area contributed by atoms with Crippen molar-refractivity contribution < 1.29 is 9.53 Å². The smallest absolute Gasteiger partial charge is 0.150 e. The molecule has 2 aromatic carbocycles. The van der Waals surface area contributed by atoms with Gasteiger partial charge in [-0.2, -0.15) is 0 Å². The molecular formula is C18H18O2. The second kappa shape index (κ2) is 5.49. The van der Waals surface area contributed by atoms with Gasteiger partial charge in [0.25, 0.3) is 0 Å². The zero-order valence-electron chi connectivity index (χ0n) is 11.6. The van der Waals surface area contributed by atoms with Crippen molar-refractivity contribution >= 4 is 6.29 Å². The Hall–Kier alpha value is -2.09. The fourth-order valence-electron chi connectivity index (χ4n) is 2.86. The molecule has 0 aliphatic heterocycles. The van der Waals surface area contributed by atoms with Crippen LogP contribution in [0.3, 0.4) is 0 Å². The lowest BCUT2D eigenvalue weighted by Crippen LogP contribution is -2.15. The van der Waals surface area contributed by atoms with Crippen molar-refractivity contribution in [2.24, 2.45) is 0 Å². The molecule has 1 atom stereocenters. The predicted molar refractivity (Wildman–Crippen MR) is 79.3 cm³/mol. The maximum atomic E-state index is 10.8. The van der Waals surface area contributed by atoms with Gasteiger partial charge in [-0.1, -0.05) is 24.3 Å². The summed E-state index contributed by atoms with van der Waals surface area (Å²) in [4.78, 5) is 10.8. The summed E-state index contributed by atoms with van der Waals surface area (Å²) in [5.41, 5.74) is 4.40. The first-order valence-corrected chi connectivity index (χ1v) is 7.08. The van der Waals surface area contributed by atoms with Crippen LogP contribution in [0, 0.1) is 6.92 Å². The highest BCUT2D eigenvalue weighted by Gasteiger charge is 2.21. The quantitative estimate of drug-likeness (QED) is 0.776. The molecule has 1 unspecified atom stereocenters. The van der Waals surface area contributed by atoms with Crippen molar-refractivity contribution in [2.75, 3.05) is 0 Å². The van der Waals surface area contributed by atoms with E-state index in [0.29, 0.717) is 5.56 Å². The van der Waals surface area contributed by atoms with Crippen molar-refractivity contribution in [3.8, 4) is 5.75 Å². The van der Waals surface area contributed by atoms with Crippen LogP contribution in [0.15, 0.2) is 42.5 Å². The number of ether oxygens (including phenoxy) is 1. The number of rotatable bonds is 3. The van der Waals surface area contributed by atoms with Crippen LogP contribution in [-0.2, 0) is 6.42 Å². The maximum Gasteiger partial charge on any atom is 0.150 e. The number of carbonyl (C=O) groups excluding carboxylic acids is 1. The van der Waals surface area contributed by atoms with Gasteiger partial charge in [-0.15, -0.1) is 0 Å². The van der Waals surface area contributed by atoms with Crippen LogP contribution < -0.4 is 4.74 Å². The SMILES string of the molecule is Cc1cc(C=O)ccc1OC1CCCc2ccccc21. The van der Waals surface area contributed by atoms with E-state index in [9.17, 15) is 4.79 Å². The summed E-state index contributed by atoms with van der Waals surface area (Å²) < 4.78 is 6.20. The highest BCUT2D eigenvalue weighted by molar-refractivity contribution is 5.75. The molecule has 0 N–H and O–H groups in total. The normalized spacial score (nSPS) is 17.4. The van der Waals surface area contributed by atoms with Gasteiger partial charge < -0.3 is 4.74 Å². The third-order valence-electron chi connectivity index (χ3n) is 3.92. The molecule has 0 aromatic heterocycles. The van der Waals surface area contributed by atoms with Gasteiger partial charge in [-0.3, -0.25) is 4.79 Å². The van der Waals surface area contributed by atoms with Crippen molar-refractivity contribution in [1.82, 2.24) is 0 Å². The van der Waals surface area contributed by atoms with Gasteiger partial charge in [0.15, 0.2) is 0 Å². The minimum Gasteiger partial charge on any atom is -0.485 e. The number of carbonyl (C=O) groups is 1. The number of hydrogen-bond donors (Lipinski definition) is 0. The lowest BCUT2D eigenvalue weighted by atomic mass is 9.89. The number of aryl methyl sites for hydroxylation is 2. The Labute approximate surface area is 119 Å². The monoisotopic (exact) mass is 266 g/mol. The van der Waals surface area contributed by atoms with Crippen LogP contribution in [0.1, 0.15) is 46.0 Å². The summed E-state index contributed by atoms with van der Waals surface area (Å²) in [6.07, 6.45) is 4.34. The molecule has 0 radical (unpaired) electrons. The van der Waals surface area contributed by atoms with E-state index in [1.54, 1.807) is 0 Å². The summed E-state index contributed by atoms with van der Waals surface area (Å²) in [5, 5.41) is 0. The van der Waals surface area contributed by atoms with Gasteiger partial charge in [0.2, 0.25) is 0 Å². The minimum absolute atomic E-state index is 0.126. The predicted octanol–water partition coefficient (Wildman–Crippen LogP) is 4.26. The molecule has 0 amide bonds. The Morgan fingerprint density at radius 3 is 2.85 bits per heavy atom. The summed E-state index contributed by atoms with van der Waals surface area (Å²) in [5.74, 6) is 0.873. The van der Waals surface area contributed by atoms with E-state index in [-0.39, 0.29) is 6.10 Å². The molecule has 2 nitrogen and oxygen atoms in total. The van der Waals surface area contributed by atoms with Crippen molar-refractivity contribution in [3.05, 3.63) is 64.7 Å². The average Bonchev–Trinajstić information content (AvgIpc) is 2.49. The summed E-state index contributed by atoms with van der Waals surface area (Å²) in [6.45, 7) is 1.98. The largest absolute Gasteiger partial charge is 0.485 e. The van der Waals surface area contributed by atoms with Crippen LogP contribution in [0.5, 0.6) is 5.75 Å². The van der Waals surface area contributed by atoms with Crippen molar-refractivity contribution in [3.63, 3.8) is 0 Å². The molecule has 0 spiro atoms.